The Labute approximate surface area is 163 Å². The molecule has 0 radical (unpaired) electrons. The number of anilines is 3. The fourth-order valence-electron chi connectivity index (χ4n) is 2.48. The van der Waals surface area contributed by atoms with Crippen molar-refractivity contribution < 1.29 is 14.1 Å². The molecular formula is C18H13N7O4. The lowest BCUT2D eigenvalue weighted by Crippen LogP contribution is -2.10. The molecule has 0 bridgehead atoms. The van der Waals surface area contributed by atoms with E-state index in [9.17, 15) is 14.9 Å². The lowest BCUT2D eigenvalue weighted by atomic mass is 10.2. The van der Waals surface area contributed by atoms with E-state index in [1.807, 2.05) is 0 Å². The van der Waals surface area contributed by atoms with Crippen molar-refractivity contribution in [3.63, 3.8) is 0 Å². The minimum Gasteiger partial charge on any atom is -0.395 e. The molecule has 0 spiro atoms. The first-order chi connectivity index (χ1) is 14.1. The number of hydrogen-bond donors (Lipinski definition) is 2. The second kappa shape index (κ2) is 7.60. The van der Waals surface area contributed by atoms with Crippen LogP contribution in [0, 0.1) is 10.1 Å². The van der Waals surface area contributed by atoms with Gasteiger partial charge < -0.3 is 15.1 Å². The summed E-state index contributed by atoms with van der Waals surface area (Å²) in [5, 5.41) is 16.4. The van der Waals surface area contributed by atoms with Crippen LogP contribution < -0.4 is 10.6 Å². The highest BCUT2D eigenvalue weighted by Gasteiger charge is 2.17. The number of carbonyl (C=O) groups excluding carboxylic acids is 1. The molecule has 11 nitrogen and oxygen atoms in total. The van der Waals surface area contributed by atoms with Gasteiger partial charge in [0.05, 0.1) is 6.07 Å². The van der Waals surface area contributed by atoms with Gasteiger partial charge in [-0.25, -0.2) is 15.0 Å². The number of rotatable bonds is 6. The van der Waals surface area contributed by atoms with E-state index >= 15 is 0 Å². The Bertz CT molecular complexity index is 1150. The van der Waals surface area contributed by atoms with Crippen molar-refractivity contribution in [2.75, 3.05) is 10.6 Å². The van der Waals surface area contributed by atoms with Gasteiger partial charge in [0.15, 0.2) is 5.76 Å². The molecule has 1 amide bonds. The molecule has 3 aromatic heterocycles. The molecular weight excluding hydrogens is 378 g/mol. The summed E-state index contributed by atoms with van der Waals surface area (Å²) in [6.45, 7) is 0. The van der Waals surface area contributed by atoms with E-state index in [0.717, 1.165) is 11.8 Å². The van der Waals surface area contributed by atoms with E-state index in [4.69, 9.17) is 4.42 Å². The highest BCUT2D eigenvalue weighted by atomic mass is 16.6. The van der Waals surface area contributed by atoms with Crippen molar-refractivity contribution in [2.45, 2.75) is 0 Å². The Morgan fingerprint density at radius 1 is 1.10 bits per heavy atom. The SMILES string of the molecule is O=C(Nc1ccc(Nc2cc(-n3ccnc3)ncn2)cc1)c1ccc([N+](=O)[O-])o1. The van der Waals surface area contributed by atoms with Crippen molar-refractivity contribution in [1.82, 2.24) is 19.5 Å². The van der Waals surface area contributed by atoms with Gasteiger partial charge in [-0.3, -0.25) is 19.5 Å². The van der Waals surface area contributed by atoms with Gasteiger partial charge in [0.25, 0.3) is 5.91 Å². The van der Waals surface area contributed by atoms with Gasteiger partial charge in [0.1, 0.15) is 29.2 Å². The Morgan fingerprint density at radius 3 is 2.59 bits per heavy atom. The van der Waals surface area contributed by atoms with Crippen LogP contribution in [-0.4, -0.2) is 30.3 Å². The van der Waals surface area contributed by atoms with Gasteiger partial charge >= 0.3 is 5.88 Å². The Balaban J connectivity index is 1.42. The summed E-state index contributed by atoms with van der Waals surface area (Å²) in [4.78, 5) is 34.4. The number of hydrogen-bond acceptors (Lipinski definition) is 8. The molecule has 1 aromatic carbocycles. The van der Waals surface area contributed by atoms with Crippen LogP contribution in [0.4, 0.5) is 23.1 Å². The predicted molar refractivity (Wildman–Crippen MR) is 102 cm³/mol. The summed E-state index contributed by atoms with van der Waals surface area (Å²) < 4.78 is 6.63. The molecule has 3 heterocycles. The average Bonchev–Trinajstić information content (AvgIpc) is 3.42. The highest BCUT2D eigenvalue weighted by molar-refractivity contribution is 6.02. The lowest BCUT2D eigenvalue weighted by Gasteiger charge is -2.08. The zero-order valence-electron chi connectivity index (χ0n) is 14.7. The molecule has 0 aliphatic rings. The molecule has 0 aliphatic heterocycles. The molecule has 0 fully saturated rings. The van der Waals surface area contributed by atoms with E-state index in [1.165, 1.54) is 12.4 Å². The summed E-state index contributed by atoms with van der Waals surface area (Å²) in [5.74, 6) is 0.0286. The zero-order valence-corrected chi connectivity index (χ0v) is 14.7. The van der Waals surface area contributed by atoms with E-state index < -0.39 is 16.7 Å². The van der Waals surface area contributed by atoms with Gasteiger partial charge in [-0.15, -0.1) is 0 Å². The summed E-state index contributed by atoms with van der Waals surface area (Å²) in [6.07, 6.45) is 6.51. The molecule has 0 atom stereocenters. The first-order valence-electron chi connectivity index (χ1n) is 8.31. The minimum atomic E-state index is -0.706. The second-order valence-corrected chi connectivity index (χ2v) is 5.78. The number of furan rings is 1. The van der Waals surface area contributed by atoms with Crippen molar-refractivity contribution >= 4 is 29.0 Å². The first-order valence-corrected chi connectivity index (χ1v) is 8.31. The summed E-state index contributed by atoms with van der Waals surface area (Å²) in [5.41, 5.74) is 1.24. The molecule has 0 aliphatic carbocycles. The van der Waals surface area contributed by atoms with Gasteiger partial charge in [-0.05, 0) is 30.3 Å². The molecule has 0 saturated carbocycles. The van der Waals surface area contributed by atoms with Gasteiger partial charge in [0.2, 0.25) is 0 Å². The normalized spacial score (nSPS) is 10.5. The Hall–Kier alpha value is -4.54. The maximum atomic E-state index is 12.1. The number of imidazole rings is 1. The van der Waals surface area contributed by atoms with Crippen molar-refractivity contribution in [3.05, 3.63) is 83.4 Å². The molecule has 4 aromatic rings. The van der Waals surface area contributed by atoms with E-state index in [0.29, 0.717) is 17.3 Å². The standard InChI is InChI=1S/C18H13N7O4/c26-18(14-5-6-17(29-14)25(27)28)23-13-3-1-12(2-4-13)22-15-9-16(21-10-20-15)24-8-7-19-11-24/h1-11H,(H,23,26)(H,20,21,22). The van der Waals surface area contributed by atoms with Crippen molar-refractivity contribution in [1.29, 1.82) is 0 Å². The maximum absolute atomic E-state index is 12.1. The number of aromatic nitrogens is 4. The summed E-state index contributed by atoms with van der Waals surface area (Å²) in [7, 11) is 0. The van der Waals surface area contributed by atoms with Crippen molar-refractivity contribution in [2.24, 2.45) is 0 Å². The van der Waals surface area contributed by atoms with Crippen LogP contribution in [0.15, 0.2) is 71.9 Å². The Morgan fingerprint density at radius 2 is 1.90 bits per heavy atom. The maximum Gasteiger partial charge on any atom is 0.433 e. The van der Waals surface area contributed by atoms with Crippen LogP contribution in [0.3, 0.4) is 0 Å². The quantitative estimate of drug-likeness (QED) is 0.377. The monoisotopic (exact) mass is 391 g/mol. The van der Waals surface area contributed by atoms with Gasteiger partial charge in [-0.1, -0.05) is 0 Å². The summed E-state index contributed by atoms with van der Waals surface area (Å²) >= 11 is 0. The molecule has 0 unspecified atom stereocenters. The molecule has 29 heavy (non-hydrogen) atoms. The van der Waals surface area contributed by atoms with E-state index in [1.54, 1.807) is 53.6 Å². The number of benzene rings is 1. The second-order valence-electron chi connectivity index (χ2n) is 5.78. The highest BCUT2D eigenvalue weighted by Crippen LogP contribution is 2.20. The topological polar surface area (TPSA) is 141 Å². The number of nitrogens with one attached hydrogen (secondary N) is 2. The van der Waals surface area contributed by atoms with Crippen LogP contribution in [0.2, 0.25) is 0 Å². The van der Waals surface area contributed by atoms with E-state index in [2.05, 4.69) is 25.6 Å². The molecule has 2 N–H and O–H groups in total. The van der Waals surface area contributed by atoms with E-state index in [-0.39, 0.29) is 5.76 Å². The van der Waals surface area contributed by atoms with Crippen molar-refractivity contribution in [3.8, 4) is 5.82 Å². The largest absolute Gasteiger partial charge is 0.433 e. The molecule has 144 valence electrons. The number of nitrogens with zero attached hydrogens (tertiary/aromatic N) is 5. The minimum absolute atomic E-state index is 0.146. The average molecular weight is 391 g/mol. The third-order valence-electron chi connectivity index (χ3n) is 3.83. The van der Waals surface area contributed by atoms with Crippen LogP contribution in [0.5, 0.6) is 0 Å². The third-order valence-corrected chi connectivity index (χ3v) is 3.83. The fraction of sp³-hybridized carbons (Fsp3) is 0. The lowest BCUT2D eigenvalue weighted by molar-refractivity contribution is -0.402. The van der Waals surface area contributed by atoms with Crippen LogP contribution >= 0.6 is 0 Å². The van der Waals surface area contributed by atoms with Gasteiger partial charge in [0, 0.05) is 29.8 Å². The van der Waals surface area contributed by atoms with Crippen LogP contribution in [0.25, 0.3) is 5.82 Å². The van der Waals surface area contributed by atoms with Crippen LogP contribution in [-0.2, 0) is 0 Å². The first kappa shape index (κ1) is 17.9. The Kier molecular flexibility index (Phi) is 4.68. The number of carbonyl (C=O) groups is 1. The zero-order chi connectivity index (χ0) is 20.2. The molecule has 0 saturated heterocycles. The third kappa shape index (κ3) is 4.08. The predicted octanol–water partition coefficient (Wildman–Crippen LogP) is 3.16. The molecule has 11 heteroatoms. The smallest absolute Gasteiger partial charge is 0.395 e. The fourth-order valence-corrected chi connectivity index (χ4v) is 2.48. The molecule has 4 rings (SSSR count). The summed E-state index contributed by atoms with van der Waals surface area (Å²) in [6, 6.07) is 11.0. The number of amides is 1. The van der Waals surface area contributed by atoms with Crippen LogP contribution in [0.1, 0.15) is 10.6 Å². The number of nitro groups is 1. The van der Waals surface area contributed by atoms with Gasteiger partial charge in [-0.2, -0.15) is 0 Å².